The highest BCUT2D eigenvalue weighted by atomic mass is 79.9. The highest BCUT2D eigenvalue weighted by Gasteiger charge is 2.35. The standard InChI is InChI=1S/C16H28BrNO2/c1-2-20-15(19)14-6-10-18(11-7-14)13-16(12-17)8-4-3-5-9-16/h14H,2-13H2,1H3. The van der Waals surface area contributed by atoms with Gasteiger partial charge < -0.3 is 9.64 Å². The molecule has 3 nitrogen and oxygen atoms in total. The fraction of sp³-hybridized carbons (Fsp3) is 0.938. The van der Waals surface area contributed by atoms with E-state index in [0.29, 0.717) is 12.0 Å². The van der Waals surface area contributed by atoms with E-state index in [1.54, 1.807) is 0 Å². The SMILES string of the molecule is CCOC(=O)C1CCN(CC2(CBr)CCCCC2)CC1. The van der Waals surface area contributed by atoms with E-state index in [1.807, 2.05) is 6.92 Å². The molecule has 1 saturated carbocycles. The Morgan fingerprint density at radius 3 is 2.45 bits per heavy atom. The Bertz CT molecular complexity index is 308. The maximum absolute atomic E-state index is 11.8. The zero-order valence-corrected chi connectivity index (χ0v) is 14.3. The van der Waals surface area contributed by atoms with E-state index >= 15 is 0 Å². The largest absolute Gasteiger partial charge is 0.466 e. The van der Waals surface area contributed by atoms with Crippen LogP contribution in [0, 0.1) is 11.3 Å². The van der Waals surface area contributed by atoms with Crippen LogP contribution in [-0.4, -0.2) is 42.4 Å². The number of alkyl halides is 1. The van der Waals surface area contributed by atoms with E-state index in [-0.39, 0.29) is 11.9 Å². The molecule has 20 heavy (non-hydrogen) atoms. The first kappa shape index (κ1) is 16.3. The molecule has 1 aliphatic heterocycles. The summed E-state index contributed by atoms with van der Waals surface area (Å²) in [6, 6.07) is 0. The van der Waals surface area contributed by atoms with Gasteiger partial charge in [-0.3, -0.25) is 4.79 Å². The van der Waals surface area contributed by atoms with Crippen molar-refractivity contribution in [2.45, 2.75) is 51.9 Å². The van der Waals surface area contributed by atoms with Crippen molar-refractivity contribution in [3.63, 3.8) is 0 Å². The van der Waals surface area contributed by atoms with Crippen LogP contribution < -0.4 is 0 Å². The van der Waals surface area contributed by atoms with Gasteiger partial charge in [-0.2, -0.15) is 0 Å². The van der Waals surface area contributed by atoms with Crippen LogP contribution in [0.15, 0.2) is 0 Å². The molecule has 0 amide bonds. The Balaban J connectivity index is 1.80. The van der Waals surface area contributed by atoms with Crippen molar-refractivity contribution in [3.8, 4) is 0 Å². The fourth-order valence-electron chi connectivity index (χ4n) is 3.70. The van der Waals surface area contributed by atoms with Crippen LogP contribution in [-0.2, 0) is 9.53 Å². The summed E-state index contributed by atoms with van der Waals surface area (Å²) in [5, 5.41) is 1.12. The Morgan fingerprint density at radius 1 is 1.25 bits per heavy atom. The van der Waals surface area contributed by atoms with E-state index in [2.05, 4.69) is 20.8 Å². The number of hydrogen-bond acceptors (Lipinski definition) is 3. The first-order valence-corrected chi connectivity index (χ1v) is 9.26. The molecule has 0 atom stereocenters. The number of nitrogens with zero attached hydrogens (tertiary/aromatic N) is 1. The molecule has 0 aromatic rings. The Morgan fingerprint density at radius 2 is 1.90 bits per heavy atom. The number of piperidine rings is 1. The summed E-state index contributed by atoms with van der Waals surface area (Å²) in [5.74, 6) is 0.150. The highest BCUT2D eigenvalue weighted by Crippen LogP contribution is 2.39. The van der Waals surface area contributed by atoms with Crippen LogP contribution in [0.1, 0.15) is 51.9 Å². The maximum atomic E-state index is 11.8. The number of hydrogen-bond donors (Lipinski definition) is 0. The number of likely N-dealkylation sites (tertiary alicyclic amines) is 1. The summed E-state index contributed by atoms with van der Waals surface area (Å²) in [5.41, 5.74) is 0.481. The monoisotopic (exact) mass is 345 g/mol. The third kappa shape index (κ3) is 4.20. The summed E-state index contributed by atoms with van der Waals surface area (Å²) >= 11 is 3.75. The predicted octanol–water partition coefficient (Wildman–Crippen LogP) is 3.61. The molecular formula is C16H28BrNO2. The summed E-state index contributed by atoms with van der Waals surface area (Å²) < 4.78 is 5.14. The number of rotatable bonds is 5. The molecule has 2 fully saturated rings. The van der Waals surface area contributed by atoms with Crippen molar-refractivity contribution in [3.05, 3.63) is 0 Å². The molecule has 2 rings (SSSR count). The number of ether oxygens (including phenoxy) is 1. The topological polar surface area (TPSA) is 29.5 Å². The number of halogens is 1. The molecule has 0 bridgehead atoms. The maximum Gasteiger partial charge on any atom is 0.309 e. The zero-order valence-electron chi connectivity index (χ0n) is 12.7. The van der Waals surface area contributed by atoms with E-state index in [1.165, 1.54) is 38.6 Å². The number of esters is 1. The molecule has 0 aromatic heterocycles. The van der Waals surface area contributed by atoms with Gasteiger partial charge >= 0.3 is 5.97 Å². The third-order valence-corrected chi connectivity index (χ3v) is 6.15. The lowest BCUT2D eigenvalue weighted by Crippen LogP contribution is -2.45. The second-order valence-electron chi connectivity index (χ2n) is 6.50. The van der Waals surface area contributed by atoms with Crippen molar-refractivity contribution in [1.29, 1.82) is 0 Å². The van der Waals surface area contributed by atoms with Crippen molar-refractivity contribution < 1.29 is 9.53 Å². The Labute approximate surface area is 131 Å². The lowest BCUT2D eigenvalue weighted by Gasteiger charge is -2.42. The minimum atomic E-state index is 0.0139. The quantitative estimate of drug-likeness (QED) is 0.563. The molecule has 2 aliphatic rings. The molecule has 0 unspecified atom stereocenters. The van der Waals surface area contributed by atoms with Crippen molar-refractivity contribution >= 4 is 21.9 Å². The van der Waals surface area contributed by atoms with Crippen LogP contribution >= 0.6 is 15.9 Å². The third-order valence-electron chi connectivity index (χ3n) is 4.96. The number of carbonyl (C=O) groups is 1. The van der Waals surface area contributed by atoms with E-state index in [0.717, 1.165) is 31.3 Å². The summed E-state index contributed by atoms with van der Waals surface area (Å²) in [4.78, 5) is 14.3. The second-order valence-corrected chi connectivity index (χ2v) is 7.06. The van der Waals surface area contributed by atoms with Gasteiger partial charge in [-0.05, 0) is 51.1 Å². The van der Waals surface area contributed by atoms with E-state index in [4.69, 9.17) is 4.74 Å². The second kappa shape index (κ2) is 7.79. The van der Waals surface area contributed by atoms with E-state index < -0.39 is 0 Å². The molecule has 0 radical (unpaired) electrons. The van der Waals surface area contributed by atoms with Crippen molar-refractivity contribution in [2.75, 3.05) is 31.6 Å². The van der Waals surface area contributed by atoms with Gasteiger partial charge in [0.2, 0.25) is 0 Å². The first-order chi connectivity index (χ1) is 9.69. The summed E-state index contributed by atoms with van der Waals surface area (Å²) in [6.45, 7) is 5.70. The zero-order chi connectivity index (χ0) is 14.4. The molecular weight excluding hydrogens is 318 g/mol. The Hall–Kier alpha value is -0.0900. The van der Waals surface area contributed by atoms with Gasteiger partial charge in [0.1, 0.15) is 0 Å². The molecule has 0 spiro atoms. The van der Waals surface area contributed by atoms with Gasteiger partial charge in [-0.25, -0.2) is 0 Å². The first-order valence-electron chi connectivity index (χ1n) is 8.14. The van der Waals surface area contributed by atoms with E-state index in [9.17, 15) is 4.79 Å². The molecule has 0 aromatic carbocycles. The van der Waals surface area contributed by atoms with Crippen LogP contribution in [0.3, 0.4) is 0 Å². The smallest absolute Gasteiger partial charge is 0.309 e. The number of carbonyl (C=O) groups excluding carboxylic acids is 1. The average molecular weight is 346 g/mol. The minimum Gasteiger partial charge on any atom is -0.466 e. The average Bonchev–Trinajstić information content (AvgIpc) is 2.49. The van der Waals surface area contributed by atoms with Gasteiger partial charge in [0, 0.05) is 11.9 Å². The lowest BCUT2D eigenvalue weighted by atomic mass is 9.75. The van der Waals surface area contributed by atoms with Crippen LogP contribution in [0.4, 0.5) is 0 Å². The summed E-state index contributed by atoms with van der Waals surface area (Å²) in [6.07, 6.45) is 8.82. The van der Waals surface area contributed by atoms with Gasteiger partial charge in [-0.15, -0.1) is 0 Å². The van der Waals surface area contributed by atoms with Crippen LogP contribution in [0.2, 0.25) is 0 Å². The Kier molecular flexibility index (Phi) is 6.34. The van der Waals surface area contributed by atoms with Gasteiger partial charge in [0.25, 0.3) is 0 Å². The molecule has 116 valence electrons. The molecule has 1 aliphatic carbocycles. The van der Waals surface area contributed by atoms with Crippen LogP contribution in [0.25, 0.3) is 0 Å². The van der Waals surface area contributed by atoms with Crippen molar-refractivity contribution in [1.82, 2.24) is 4.90 Å². The van der Waals surface area contributed by atoms with Crippen LogP contribution in [0.5, 0.6) is 0 Å². The lowest BCUT2D eigenvalue weighted by molar-refractivity contribution is -0.149. The molecule has 0 N–H and O–H groups in total. The predicted molar refractivity (Wildman–Crippen MR) is 85.1 cm³/mol. The molecule has 4 heteroatoms. The summed E-state index contributed by atoms with van der Waals surface area (Å²) in [7, 11) is 0. The van der Waals surface area contributed by atoms with Crippen molar-refractivity contribution in [2.24, 2.45) is 11.3 Å². The molecule has 1 heterocycles. The molecule has 1 saturated heterocycles. The van der Waals surface area contributed by atoms with Gasteiger partial charge in [-0.1, -0.05) is 35.2 Å². The normalized spacial score (nSPS) is 24.5. The fourth-order valence-corrected chi connectivity index (χ4v) is 4.44. The van der Waals surface area contributed by atoms with Gasteiger partial charge in [0.15, 0.2) is 0 Å². The van der Waals surface area contributed by atoms with Gasteiger partial charge in [0.05, 0.1) is 12.5 Å². The minimum absolute atomic E-state index is 0.0139. The highest BCUT2D eigenvalue weighted by molar-refractivity contribution is 9.09.